The van der Waals surface area contributed by atoms with E-state index in [1.165, 1.54) is 49.8 Å². The molecule has 0 radical (unpaired) electrons. The highest BCUT2D eigenvalue weighted by Gasteiger charge is 2.17. The maximum absolute atomic E-state index is 4.37. The molecule has 2 aromatic rings. The lowest BCUT2D eigenvalue weighted by atomic mass is 10.0. The fourth-order valence-electron chi connectivity index (χ4n) is 3.17. The van der Waals surface area contributed by atoms with Gasteiger partial charge in [-0.25, -0.2) is 0 Å². The first-order chi connectivity index (χ1) is 10.3. The van der Waals surface area contributed by atoms with Crippen LogP contribution in [-0.4, -0.2) is 35.6 Å². The van der Waals surface area contributed by atoms with Gasteiger partial charge < -0.3 is 10.2 Å². The number of piperidine rings is 1. The summed E-state index contributed by atoms with van der Waals surface area (Å²) >= 11 is 0. The third-order valence-electron chi connectivity index (χ3n) is 4.39. The maximum Gasteiger partial charge on any atom is 0.0702 e. The van der Waals surface area contributed by atoms with E-state index in [1.807, 2.05) is 12.3 Å². The zero-order valence-electron chi connectivity index (χ0n) is 12.9. The van der Waals surface area contributed by atoms with Crippen molar-refractivity contribution in [2.75, 3.05) is 19.6 Å². The third-order valence-corrected chi connectivity index (χ3v) is 4.39. The van der Waals surface area contributed by atoms with Crippen molar-refractivity contribution >= 4 is 10.9 Å². The Labute approximate surface area is 127 Å². The van der Waals surface area contributed by atoms with Gasteiger partial charge in [0.25, 0.3) is 0 Å². The molecule has 21 heavy (non-hydrogen) atoms. The molecule has 3 rings (SSSR count). The molecule has 112 valence electrons. The van der Waals surface area contributed by atoms with Crippen LogP contribution in [0.3, 0.4) is 0 Å². The molecule has 3 nitrogen and oxygen atoms in total. The number of benzene rings is 1. The number of nitrogens with one attached hydrogen (secondary N) is 1. The Bertz CT molecular complexity index is 573. The van der Waals surface area contributed by atoms with Crippen LogP contribution in [0.15, 0.2) is 36.5 Å². The molecule has 3 heteroatoms. The Morgan fingerprint density at radius 3 is 2.90 bits per heavy atom. The van der Waals surface area contributed by atoms with E-state index in [4.69, 9.17) is 0 Å². The SMILES string of the molecule is CCCN1CCC(NCc2ccc3ncccc3c2)CC1. The largest absolute Gasteiger partial charge is 0.310 e. The van der Waals surface area contributed by atoms with Crippen molar-refractivity contribution in [2.24, 2.45) is 0 Å². The monoisotopic (exact) mass is 283 g/mol. The van der Waals surface area contributed by atoms with E-state index < -0.39 is 0 Å². The Hall–Kier alpha value is -1.45. The average Bonchev–Trinajstić information content (AvgIpc) is 2.54. The highest BCUT2D eigenvalue weighted by molar-refractivity contribution is 5.78. The number of hydrogen-bond acceptors (Lipinski definition) is 3. The van der Waals surface area contributed by atoms with E-state index in [1.54, 1.807) is 0 Å². The number of likely N-dealkylation sites (tertiary alicyclic amines) is 1. The van der Waals surface area contributed by atoms with Crippen molar-refractivity contribution < 1.29 is 0 Å². The second-order valence-electron chi connectivity index (χ2n) is 6.03. The lowest BCUT2D eigenvalue weighted by Crippen LogP contribution is -2.42. The van der Waals surface area contributed by atoms with Gasteiger partial charge in [0.2, 0.25) is 0 Å². The molecule has 1 aromatic carbocycles. The van der Waals surface area contributed by atoms with Gasteiger partial charge in [-0.1, -0.05) is 19.1 Å². The van der Waals surface area contributed by atoms with Crippen LogP contribution in [-0.2, 0) is 6.54 Å². The molecule has 1 N–H and O–H groups in total. The van der Waals surface area contributed by atoms with E-state index in [0.717, 1.165) is 12.1 Å². The smallest absolute Gasteiger partial charge is 0.0702 e. The molecule has 0 saturated carbocycles. The minimum absolute atomic E-state index is 0.669. The third kappa shape index (κ3) is 3.80. The van der Waals surface area contributed by atoms with Gasteiger partial charge in [-0.15, -0.1) is 0 Å². The van der Waals surface area contributed by atoms with Crippen LogP contribution in [0.1, 0.15) is 31.7 Å². The van der Waals surface area contributed by atoms with Gasteiger partial charge in [0.1, 0.15) is 0 Å². The van der Waals surface area contributed by atoms with E-state index in [9.17, 15) is 0 Å². The first-order valence-corrected chi connectivity index (χ1v) is 8.14. The Morgan fingerprint density at radius 2 is 2.10 bits per heavy atom. The first-order valence-electron chi connectivity index (χ1n) is 8.14. The summed E-state index contributed by atoms with van der Waals surface area (Å²) in [6.45, 7) is 6.97. The molecule has 1 aliphatic heterocycles. The van der Waals surface area contributed by atoms with Crippen LogP contribution in [0.5, 0.6) is 0 Å². The standard InChI is InChI=1S/C18H25N3/c1-2-10-21-11-7-17(8-12-21)20-14-15-5-6-18-16(13-15)4-3-9-19-18/h3-6,9,13,17,20H,2,7-8,10-12,14H2,1H3. The topological polar surface area (TPSA) is 28.2 Å². The van der Waals surface area contributed by atoms with Crippen molar-refractivity contribution in [1.29, 1.82) is 0 Å². The number of fused-ring (bicyclic) bond motifs is 1. The first kappa shape index (κ1) is 14.5. The van der Waals surface area contributed by atoms with Gasteiger partial charge >= 0.3 is 0 Å². The van der Waals surface area contributed by atoms with Crippen molar-refractivity contribution in [3.63, 3.8) is 0 Å². The summed E-state index contributed by atoms with van der Waals surface area (Å²) in [7, 11) is 0. The van der Waals surface area contributed by atoms with Crippen LogP contribution in [0.2, 0.25) is 0 Å². The predicted molar refractivity (Wildman–Crippen MR) is 88.3 cm³/mol. The second-order valence-corrected chi connectivity index (χ2v) is 6.03. The Morgan fingerprint density at radius 1 is 1.24 bits per heavy atom. The predicted octanol–water partition coefficient (Wildman–Crippen LogP) is 3.20. The zero-order valence-corrected chi connectivity index (χ0v) is 12.9. The molecule has 0 amide bonds. The number of nitrogens with zero attached hydrogens (tertiary/aromatic N) is 2. The maximum atomic E-state index is 4.37. The lowest BCUT2D eigenvalue weighted by molar-refractivity contribution is 0.197. The van der Waals surface area contributed by atoms with Crippen LogP contribution >= 0.6 is 0 Å². The lowest BCUT2D eigenvalue weighted by Gasteiger charge is -2.32. The van der Waals surface area contributed by atoms with Crippen molar-refractivity contribution in [2.45, 2.75) is 38.8 Å². The van der Waals surface area contributed by atoms with Crippen LogP contribution in [0.25, 0.3) is 10.9 Å². The molecule has 1 saturated heterocycles. The number of hydrogen-bond donors (Lipinski definition) is 1. The molecule has 0 atom stereocenters. The minimum Gasteiger partial charge on any atom is -0.310 e. The summed E-state index contributed by atoms with van der Waals surface area (Å²) in [6.07, 6.45) is 5.66. The number of rotatable bonds is 5. The van der Waals surface area contributed by atoms with Crippen LogP contribution in [0, 0.1) is 0 Å². The number of aromatic nitrogens is 1. The summed E-state index contributed by atoms with van der Waals surface area (Å²) in [4.78, 5) is 6.96. The Balaban J connectivity index is 1.52. The highest BCUT2D eigenvalue weighted by atomic mass is 15.1. The van der Waals surface area contributed by atoms with Crippen molar-refractivity contribution in [3.8, 4) is 0 Å². The van der Waals surface area contributed by atoms with E-state index in [0.29, 0.717) is 6.04 Å². The van der Waals surface area contributed by atoms with Gasteiger partial charge in [-0.2, -0.15) is 0 Å². The molecular weight excluding hydrogens is 258 g/mol. The van der Waals surface area contributed by atoms with Crippen molar-refractivity contribution in [1.82, 2.24) is 15.2 Å². The van der Waals surface area contributed by atoms with E-state index in [2.05, 4.69) is 46.4 Å². The van der Waals surface area contributed by atoms with Crippen LogP contribution < -0.4 is 5.32 Å². The summed E-state index contributed by atoms with van der Waals surface area (Å²) in [5.41, 5.74) is 2.43. The highest BCUT2D eigenvalue weighted by Crippen LogP contribution is 2.15. The minimum atomic E-state index is 0.669. The summed E-state index contributed by atoms with van der Waals surface area (Å²) in [6, 6.07) is 11.4. The van der Waals surface area contributed by atoms with Crippen molar-refractivity contribution in [3.05, 3.63) is 42.1 Å². The normalized spacial score (nSPS) is 17.4. The number of pyridine rings is 1. The van der Waals surface area contributed by atoms with Gasteiger partial charge in [0, 0.05) is 24.2 Å². The Kier molecular flexibility index (Phi) is 4.84. The van der Waals surface area contributed by atoms with Gasteiger partial charge in [0.15, 0.2) is 0 Å². The zero-order chi connectivity index (χ0) is 14.5. The molecule has 0 aliphatic carbocycles. The molecule has 2 heterocycles. The van der Waals surface area contributed by atoms with Gasteiger partial charge in [-0.3, -0.25) is 4.98 Å². The molecule has 0 spiro atoms. The summed E-state index contributed by atoms with van der Waals surface area (Å²) in [5.74, 6) is 0. The molecular formula is C18H25N3. The summed E-state index contributed by atoms with van der Waals surface area (Å²) < 4.78 is 0. The fourth-order valence-corrected chi connectivity index (χ4v) is 3.17. The van der Waals surface area contributed by atoms with Crippen LogP contribution in [0.4, 0.5) is 0 Å². The molecule has 0 bridgehead atoms. The molecule has 0 unspecified atom stereocenters. The molecule has 1 aliphatic rings. The van der Waals surface area contributed by atoms with Gasteiger partial charge in [-0.05, 0) is 62.7 Å². The second kappa shape index (κ2) is 7.01. The van der Waals surface area contributed by atoms with Gasteiger partial charge in [0.05, 0.1) is 5.52 Å². The molecule has 1 fully saturated rings. The van der Waals surface area contributed by atoms with E-state index >= 15 is 0 Å². The summed E-state index contributed by atoms with van der Waals surface area (Å²) in [5, 5.41) is 4.95. The van der Waals surface area contributed by atoms with E-state index in [-0.39, 0.29) is 0 Å². The fraction of sp³-hybridized carbons (Fsp3) is 0.500. The molecule has 1 aromatic heterocycles. The average molecular weight is 283 g/mol. The quantitative estimate of drug-likeness (QED) is 0.913.